The van der Waals surface area contributed by atoms with E-state index in [0.29, 0.717) is 11.1 Å². The number of nitrogens with zero attached hydrogens (tertiary/aromatic N) is 2. The maximum atomic E-state index is 10.8. The lowest BCUT2D eigenvalue weighted by Gasteiger charge is -2.17. The van der Waals surface area contributed by atoms with Gasteiger partial charge in [0.05, 0.1) is 21.1 Å². The smallest absolute Gasteiger partial charge is 0.360 e. The standard InChI is InChI=1S/C12H16N4O2S/c1-15(2)11(16(3)12(17)18)14-10(19)13-9-7-5-4-6-8-9/h4-8H,1-3H3,(H2,13,17,18,19). The fraction of sp³-hybridized carbons (Fsp3) is 0.250. The van der Waals surface area contributed by atoms with Gasteiger partial charge in [-0.25, -0.2) is 10.2 Å². The summed E-state index contributed by atoms with van der Waals surface area (Å²) >= 11 is 5.13. The van der Waals surface area contributed by atoms with Gasteiger partial charge in [0.15, 0.2) is 0 Å². The maximum Gasteiger partial charge on any atom is 0.360 e. The molecular weight excluding hydrogens is 264 g/mol. The molecule has 0 saturated carbocycles. The lowest BCUT2D eigenvalue weighted by Crippen LogP contribution is -2.53. The van der Waals surface area contributed by atoms with E-state index in [1.54, 1.807) is 18.7 Å². The minimum atomic E-state index is -1.32. The van der Waals surface area contributed by atoms with Gasteiger partial charge in [-0.1, -0.05) is 18.2 Å². The Labute approximate surface area is 117 Å². The summed E-state index contributed by atoms with van der Waals surface area (Å²) in [6.45, 7) is 0. The molecule has 0 aliphatic heterocycles. The molecule has 102 valence electrons. The second-order valence-corrected chi connectivity index (χ2v) is 4.40. The molecule has 0 fully saturated rings. The zero-order chi connectivity index (χ0) is 14.4. The highest BCUT2D eigenvalue weighted by molar-refractivity contribution is 7.80. The molecule has 0 aromatic heterocycles. The summed E-state index contributed by atoms with van der Waals surface area (Å²) in [7, 11) is 4.78. The van der Waals surface area contributed by atoms with Gasteiger partial charge in [-0.15, -0.1) is 0 Å². The molecule has 0 aliphatic carbocycles. The number of para-hydroxylation sites is 1. The van der Waals surface area contributed by atoms with Crippen LogP contribution >= 0.6 is 12.2 Å². The number of rotatable bonds is 1. The van der Waals surface area contributed by atoms with Crippen LogP contribution in [0.4, 0.5) is 10.5 Å². The Morgan fingerprint density at radius 3 is 2.37 bits per heavy atom. The highest BCUT2D eigenvalue weighted by atomic mass is 32.1. The minimum absolute atomic E-state index is 0.294. The average Bonchev–Trinajstić information content (AvgIpc) is 2.36. The van der Waals surface area contributed by atoms with Crippen LogP contribution < -0.4 is 15.7 Å². The number of carbonyl (C=O) groups is 1. The van der Waals surface area contributed by atoms with Gasteiger partial charge in [0.1, 0.15) is 0 Å². The molecule has 1 rings (SSSR count). The zero-order valence-corrected chi connectivity index (χ0v) is 11.8. The number of thiocarbonyl (C=S) groups is 1. The first-order valence-corrected chi connectivity index (χ1v) is 5.94. The molecule has 1 aromatic rings. The number of carboxylic acid groups (broad SMARTS) is 1. The number of anilines is 1. The van der Waals surface area contributed by atoms with E-state index >= 15 is 0 Å². The summed E-state index contributed by atoms with van der Waals surface area (Å²) in [6.07, 6.45) is -1.32. The van der Waals surface area contributed by atoms with Crippen LogP contribution in [0.3, 0.4) is 0 Å². The third kappa shape index (κ3) is 4.55. The SMILES string of the molecule is CN(C(=O)[O-])C(NC(=S)Nc1ccccc1)=[N+](C)C. The van der Waals surface area contributed by atoms with Crippen LogP contribution in [0.25, 0.3) is 0 Å². The second kappa shape index (κ2) is 6.69. The third-order valence-electron chi connectivity index (χ3n) is 2.27. The quantitative estimate of drug-likeness (QED) is 0.325. The number of guanidine groups is 1. The van der Waals surface area contributed by atoms with E-state index < -0.39 is 6.09 Å². The Hall–Kier alpha value is -2.15. The second-order valence-electron chi connectivity index (χ2n) is 3.99. The van der Waals surface area contributed by atoms with E-state index in [1.165, 1.54) is 7.05 Å². The molecule has 0 unspecified atom stereocenters. The fourth-order valence-electron chi connectivity index (χ4n) is 1.37. The van der Waals surface area contributed by atoms with Crippen molar-refractivity contribution in [2.75, 3.05) is 26.5 Å². The number of hydrogen-bond donors (Lipinski definition) is 2. The Morgan fingerprint density at radius 1 is 1.32 bits per heavy atom. The molecule has 1 aromatic carbocycles. The van der Waals surface area contributed by atoms with Crippen molar-refractivity contribution in [1.29, 1.82) is 0 Å². The molecule has 0 radical (unpaired) electrons. The molecule has 2 N–H and O–H groups in total. The molecule has 6 nitrogen and oxygen atoms in total. The first kappa shape index (κ1) is 14.9. The summed E-state index contributed by atoms with van der Waals surface area (Å²) in [5.41, 5.74) is 0.814. The van der Waals surface area contributed by atoms with Gasteiger partial charge in [-0.3, -0.25) is 4.58 Å². The Morgan fingerprint density at radius 2 is 1.89 bits per heavy atom. The van der Waals surface area contributed by atoms with Gasteiger partial charge in [0.25, 0.3) is 0 Å². The third-order valence-corrected chi connectivity index (χ3v) is 2.48. The Kier molecular flexibility index (Phi) is 5.25. The molecule has 19 heavy (non-hydrogen) atoms. The molecule has 0 spiro atoms. The van der Waals surface area contributed by atoms with Crippen LogP contribution in [-0.2, 0) is 0 Å². The van der Waals surface area contributed by atoms with Crippen molar-refractivity contribution in [3.8, 4) is 0 Å². The van der Waals surface area contributed by atoms with E-state index in [4.69, 9.17) is 12.2 Å². The van der Waals surface area contributed by atoms with Gasteiger partial charge >= 0.3 is 5.96 Å². The summed E-state index contributed by atoms with van der Waals surface area (Å²) in [6, 6.07) is 9.34. The van der Waals surface area contributed by atoms with Gasteiger partial charge in [0.2, 0.25) is 11.2 Å². The average molecular weight is 280 g/mol. The first-order valence-electron chi connectivity index (χ1n) is 5.54. The molecule has 0 heterocycles. The van der Waals surface area contributed by atoms with Crippen LogP contribution in [0.5, 0.6) is 0 Å². The summed E-state index contributed by atoms with van der Waals surface area (Å²) in [5.74, 6) is 0.299. The van der Waals surface area contributed by atoms with E-state index in [9.17, 15) is 9.90 Å². The molecule has 0 aliphatic rings. The van der Waals surface area contributed by atoms with E-state index in [1.807, 2.05) is 30.3 Å². The van der Waals surface area contributed by atoms with Crippen LogP contribution in [-0.4, -0.2) is 47.8 Å². The monoisotopic (exact) mass is 280 g/mol. The highest BCUT2D eigenvalue weighted by Crippen LogP contribution is 2.04. The van der Waals surface area contributed by atoms with E-state index in [0.717, 1.165) is 10.6 Å². The molecular formula is C12H16N4O2S. The van der Waals surface area contributed by atoms with Crippen LogP contribution in [0.15, 0.2) is 30.3 Å². The van der Waals surface area contributed by atoms with Crippen molar-refractivity contribution in [3.05, 3.63) is 30.3 Å². The largest absolute Gasteiger partial charge is 0.517 e. The van der Waals surface area contributed by atoms with Crippen molar-refractivity contribution in [3.63, 3.8) is 0 Å². The van der Waals surface area contributed by atoms with Crippen molar-refractivity contribution in [2.45, 2.75) is 0 Å². The summed E-state index contributed by atoms with van der Waals surface area (Å²) in [4.78, 5) is 11.8. The lowest BCUT2D eigenvalue weighted by atomic mass is 10.3. The number of benzene rings is 1. The van der Waals surface area contributed by atoms with Gasteiger partial charge in [-0.2, -0.15) is 0 Å². The summed E-state index contributed by atoms with van der Waals surface area (Å²) < 4.78 is 1.59. The molecule has 7 heteroatoms. The number of amides is 1. The molecule has 0 bridgehead atoms. The highest BCUT2D eigenvalue weighted by Gasteiger charge is 2.18. The predicted molar refractivity (Wildman–Crippen MR) is 76.1 cm³/mol. The van der Waals surface area contributed by atoms with Gasteiger partial charge in [-0.05, 0) is 24.4 Å². The van der Waals surface area contributed by atoms with Crippen LogP contribution in [0.2, 0.25) is 0 Å². The fourth-order valence-corrected chi connectivity index (χ4v) is 1.58. The predicted octanol–water partition coefficient (Wildman–Crippen LogP) is -0.124. The Balaban J connectivity index is 2.74. The van der Waals surface area contributed by atoms with E-state index in [-0.39, 0.29) is 0 Å². The molecule has 1 amide bonds. The van der Waals surface area contributed by atoms with Crippen molar-refractivity contribution >= 4 is 35.1 Å². The van der Waals surface area contributed by atoms with Crippen LogP contribution in [0.1, 0.15) is 0 Å². The number of carbonyl (C=O) groups excluding carboxylic acids is 1. The Bertz CT molecular complexity index is 498. The van der Waals surface area contributed by atoms with Crippen molar-refractivity contribution < 1.29 is 14.5 Å². The van der Waals surface area contributed by atoms with Crippen LogP contribution in [0, 0.1) is 0 Å². The van der Waals surface area contributed by atoms with Crippen molar-refractivity contribution in [1.82, 2.24) is 10.2 Å². The minimum Gasteiger partial charge on any atom is -0.517 e. The topological polar surface area (TPSA) is 70.4 Å². The number of hydrogen-bond acceptors (Lipinski definition) is 3. The van der Waals surface area contributed by atoms with Gasteiger partial charge in [0, 0.05) is 5.69 Å². The molecule has 0 saturated heterocycles. The normalized spacial score (nSPS) is 9.42. The van der Waals surface area contributed by atoms with E-state index in [2.05, 4.69) is 10.6 Å². The number of nitrogens with one attached hydrogen (secondary N) is 2. The first-order chi connectivity index (χ1) is 8.91. The van der Waals surface area contributed by atoms with Crippen molar-refractivity contribution in [2.24, 2.45) is 0 Å². The van der Waals surface area contributed by atoms with Gasteiger partial charge < -0.3 is 15.2 Å². The maximum absolute atomic E-state index is 10.8. The zero-order valence-electron chi connectivity index (χ0n) is 11.0. The lowest BCUT2D eigenvalue weighted by molar-refractivity contribution is -0.471. The molecule has 0 atom stereocenters. The summed E-state index contributed by atoms with van der Waals surface area (Å²) in [5, 5.41) is 16.9.